The number of nitrogens with zero attached hydrogens (tertiary/aromatic N) is 2. The fourth-order valence-electron chi connectivity index (χ4n) is 2.09. The van der Waals surface area contributed by atoms with Crippen LogP contribution in [0, 0.1) is 0 Å². The first-order chi connectivity index (χ1) is 10.6. The fraction of sp³-hybridized carbons (Fsp3) is 0.133. The number of halogens is 1. The van der Waals surface area contributed by atoms with Crippen LogP contribution in [0.5, 0.6) is 5.75 Å². The molecular formula is C15H12ClN3O2S. The van der Waals surface area contributed by atoms with E-state index in [1.165, 1.54) is 18.3 Å². The monoisotopic (exact) mass is 333 g/mol. The van der Waals surface area contributed by atoms with Crippen molar-refractivity contribution in [1.29, 1.82) is 0 Å². The van der Waals surface area contributed by atoms with Gasteiger partial charge in [-0.25, -0.2) is 9.97 Å². The van der Waals surface area contributed by atoms with Gasteiger partial charge in [-0.3, -0.25) is 4.79 Å². The standard InChI is InChI=1S/C15H12ClN3O2S/c1-8(20)18-15-19-11-4-3-9(5-13(11)22-15)10-7-17-14(16)6-12(10)21-2/h3-7H,1-2H3,(H,18,19,20). The zero-order valence-electron chi connectivity index (χ0n) is 11.9. The number of amides is 1. The Hall–Kier alpha value is -2.18. The third-order valence-electron chi connectivity index (χ3n) is 3.03. The Bertz CT molecular complexity index is 863. The van der Waals surface area contributed by atoms with Crippen LogP contribution in [0.25, 0.3) is 21.3 Å². The van der Waals surface area contributed by atoms with Gasteiger partial charge >= 0.3 is 0 Å². The summed E-state index contributed by atoms with van der Waals surface area (Å²) in [5.74, 6) is 0.522. The minimum absolute atomic E-state index is 0.136. The molecule has 0 atom stereocenters. The minimum atomic E-state index is -0.136. The molecule has 1 amide bonds. The van der Waals surface area contributed by atoms with Gasteiger partial charge in [0.25, 0.3) is 0 Å². The number of aromatic nitrogens is 2. The molecule has 3 aromatic rings. The lowest BCUT2D eigenvalue weighted by molar-refractivity contribution is -0.114. The summed E-state index contributed by atoms with van der Waals surface area (Å²) in [5.41, 5.74) is 2.63. The molecule has 0 aliphatic rings. The van der Waals surface area contributed by atoms with Gasteiger partial charge in [0.15, 0.2) is 5.13 Å². The molecule has 0 spiro atoms. The molecule has 0 saturated carbocycles. The average Bonchev–Trinajstić information content (AvgIpc) is 2.87. The molecule has 0 unspecified atom stereocenters. The van der Waals surface area contributed by atoms with Crippen molar-refractivity contribution in [3.05, 3.63) is 35.6 Å². The van der Waals surface area contributed by atoms with Crippen LogP contribution in [-0.4, -0.2) is 23.0 Å². The van der Waals surface area contributed by atoms with Crippen LogP contribution >= 0.6 is 22.9 Å². The summed E-state index contributed by atoms with van der Waals surface area (Å²) < 4.78 is 6.33. The van der Waals surface area contributed by atoms with Crippen LogP contribution in [-0.2, 0) is 4.79 Å². The Morgan fingerprint density at radius 2 is 2.18 bits per heavy atom. The lowest BCUT2D eigenvalue weighted by atomic mass is 10.1. The maximum atomic E-state index is 11.1. The Labute approximate surface area is 135 Å². The zero-order valence-corrected chi connectivity index (χ0v) is 13.5. The lowest BCUT2D eigenvalue weighted by Gasteiger charge is -2.08. The number of hydrogen-bond acceptors (Lipinski definition) is 5. The summed E-state index contributed by atoms with van der Waals surface area (Å²) in [6.07, 6.45) is 1.68. The van der Waals surface area contributed by atoms with Crippen molar-refractivity contribution in [3.8, 4) is 16.9 Å². The number of carbonyl (C=O) groups excluding carboxylic acids is 1. The summed E-state index contributed by atoms with van der Waals surface area (Å²) in [4.78, 5) is 19.6. The Kier molecular flexibility index (Phi) is 3.96. The second kappa shape index (κ2) is 5.90. The molecule has 0 fully saturated rings. The van der Waals surface area contributed by atoms with E-state index >= 15 is 0 Å². The summed E-state index contributed by atoms with van der Waals surface area (Å²) >= 11 is 7.31. The number of thiazole rings is 1. The molecular weight excluding hydrogens is 322 g/mol. The molecule has 2 heterocycles. The van der Waals surface area contributed by atoms with E-state index in [4.69, 9.17) is 16.3 Å². The number of carbonyl (C=O) groups is 1. The predicted molar refractivity (Wildman–Crippen MR) is 88.7 cm³/mol. The first kappa shape index (κ1) is 14.7. The summed E-state index contributed by atoms with van der Waals surface area (Å²) in [7, 11) is 1.59. The highest BCUT2D eigenvalue weighted by atomic mass is 35.5. The topological polar surface area (TPSA) is 64.1 Å². The van der Waals surface area contributed by atoms with Gasteiger partial charge in [0, 0.05) is 24.8 Å². The number of benzene rings is 1. The predicted octanol–water partition coefficient (Wildman–Crippen LogP) is 3.98. The van der Waals surface area contributed by atoms with Gasteiger partial charge in [0.1, 0.15) is 10.9 Å². The number of anilines is 1. The molecule has 22 heavy (non-hydrogen) atoms. The van der Waals surface area contributed by atoms with Crippen LogP contribution in [0.3, 0.4) is 0 Å². The summed E-state index contributed by atoms with van der Waals surface area (Å²) in [6, 6.07) is 7.51. The number of pyridine rings is 1. The first-order valence-corrected chi connectivity index (χ1v) is 7.64. The second-order valence-corrected chi connectivity index (χ2v) is 6.01. The summed E-state index contributed by atoms with van der Waals surface area (Å²) in [6.45, 7) is 1.46. The third-order valence-corrected chi connectivity index (χ3v) is 4.18. The van der Waals surface area contributed by atoms with Gasteiger partial charge in [-0.15, -0.1) is 0 Å². The van der Waals surface area contributed by atoms with E-state index < -0.39 is 0 Å². The highest BCUT2D eigenvalue weighted by molar-refractivity contribution is 7.22. The van der Waals surface area contributed by atoms with E-state index in [0.717, 1.165) is 21.3 Å². The van der Waals surface area contributed by atoms with Gasteiger partial charge in [0.2, 0.25) is 5.91 Å². The van der Waals surface area contributed by atoms with Gasteiger partial charge in [0.05, 0.1) is 17.3 Å². The molecule has 0 aliphatic carbocycles. The second-order valence-electron chi connectivity index (χ2n) is 4.59. The van der Waals surface area contributed by atoms with E-state index in [9.17, 15) is 4.79 Å². The number of rotatable bonds is 3. The number of hydrogen-bond donors (Lipinski definition) is 1. The van der Waals surface area contributed by atoms with E-state index in [-0.39, 0.29) is 5.91 Å². The number of nitrogens with one attached hydrogen (secondary N) is 1. The molecule has 1 aromatic carbocycles. The van der Waals surface area contributed by atoms with Gasteiger partial charge in [-0.2, -0.15) is 0 Å². The average molecular weight is 334 g/mol. The van der Waals surface area contributed by atoms with Crippen molar-refractivity contribution in [2.45, 2.75) is 6.92 Å². The number of ether oxygens (including phenoxy) is 1. The molecule has 0 saturated heterocycles. The summed E-state index contributed by atoms with van der Waals surface area (Å²) in [5, 5.41) is 3.66. The van der Waals surface area contributed by atoms with Crippen molar-refractivity contribution in [2.75, 3.05) is 12.4 Å². The van der Waals surface area contributed by atoms with Crippen LogP contribution in [0.15, 0.2) is 30.5 Å². The van der Waals surface area contributed by atoms with Crippen LogP contribution in [0.2, 0.25) is 5.15 Å². The Morgan fingerprint density at radius 3 is 2.91 bits per heavy atom. The first-order valence-electron chi connectivity index (χ1n) is 6.45. The van der Waals surface area contributed by atoms with Crippen LogP contribution in [0.1, 0.15) is 6.92 Å². The highest BCUT2D eigenvalue weighted by Gasteiger charge is 2.11. The maximum Gasteiger partial charge on any atom is 0.223 e. The Balaban J connectivity index is 2.06. The quantitative estimate of drug-likeness (QED) is 0.736. The van der Waals surface area contributed by atoms with E-state index in [0.29, 0.717) is 16.0 Å². The molecule has 0 aliphatic heterocycles. The van der Waals surface area contributed by atoms with Crippen molar-refractivity contribution in [1.82, 2.24) is 9.97 Å². The third kappa shape index (κ3) is 2.88. The van der Waals surface area contributed by atoms with Gasteiger partial charge in [-0.05, 0) is 17.7 Å². The lowest BCUT2D eigenvalue weighted by Crippen LogP contribution is -2.04. The van der Waals surface area contributed by atoms with Crippen molar-refractivity contribution >= 4 is 44.2 Å². The highest BCUT2D eigenvalue weighted by Crippen LogP contribution is 2.35. The molecule has 7 heteroatoms. The molecule has 112 valence electrons. The SMILES string of the molecule is COc1cc(Cl)ncc1-c1ccc2nc(NC(C)=O)sc2c1. The molecule has 2 aromatic heterocycles. The van der Waals surface area contributed by atoms with Crippen molar-refractivity contribution < 1.29 is 9.53 Å². The molecule has 0 bridgehead atoms. The minimum Gasteiger partial charge on any atom is -0.496 e. The van der Waals surface area contributed by atoms with E-state index in [1.807, 2.05) is 18.2 Å². The molecule has 5 nitrogen and oxygen atoms in total. The molecule has 0 radical (unpaired) electrons. The fourth-order valence-corrected chi connectivity index (χ4v) is 3.19. The van der Waals surface area contributed by atoms with Crippen molar-refractivity contribution in [2.24, 2.45) is 0 Å². The zero-order chi connectivity index (χ0) is 15.7. The maximum absolute atomic E-state index is 11.1. The van der Waals surface area contributed by atoms with Gasteiger partial charge < -0.3 is 10.1 Å². The van der Waals surface area contributed by atoms with Crippen molar-refractivity contribution in [3.63, 3.8) is 0 Å². The normalized spacial score (nSPS) is 10.7. The number of methoxy groups -OCH3 is 1. The van der Waals surface area contributed by atoms with Gasteiger partial charge in [-0.1, -0.05) is 29.0 Å². The number of fused-ring (bicyclic) bond motifs is 1. The molecule has 1 N–H and O–H groups in total. The molecule has 3 rings (SSSR count). The van der Waals surface area contributed by atoms with E-state index in [1.54, 1.807) is 19.4 Å². The van der Waals surface area contributed by atoms with E-state index in [2.05, 4.69) is 15.3 Å². The largest absolute Gasteiger partial charge is 0.496 e. The smallest absolute Gasteiger partial charge is 0.223 e. The van der Waals surface area contributed by atoms with Crippen LogP contribution < -0.4 is 10.1 Å². The van der Waals surface area contributed by atoms with Crippen LogP contribution in [0.4, 0.5) is 5.13 Å². The Morgan fingerprint density at radius 1 is 1.36 bits per heavy atom.